The van der Waals surface area contributed by atoms with Gasteiger partial charge in [-0.25, -0.2) is 8.78 Å². The number of hydrogen-bond donors (Lipinski definition) is 0. The molecule has 0 aliphatic rings. The third-order valence-corrected chi connectivity index (χ3v) is 4.54. The van der Waals surface area contributed by atoms with Crippen LogP contribution in [0.5, 0.6) is 0 Å². The van der Waals surface area contributed by atoms with Crippen LogP contribution in [0.15, 0.2) is 39.3 Å². The normalized spacial score (nSPS) is 10.6. The maximum absolute atomic E-state index is 13.9. The van der Waals surface area contributed by atoms with E-state index in [2.05, 4.69) is 31.9 Å². The van der Waals surface area contributed by atoms with Gasteiger partial charge in [0, 0.05) is 10.0 Å². The number of benzene rings is 2. The topological polar surface area (TPSA) is 17.1 Å². The standard InChI is InChI=1S/C13H5Br2ClF2O/c14-8-5-4-7(12(18)11(8)16)13(19)6-2-1-3-9(17)10(6)15/h1-5H. The van der Waals surface area contributed by atoms with Crippen molar-refractivity contribution in [1.29, 1.82) is 0 Å². The van der Waals surface area contributed by atoms with Crippen molar-refractivity contribution in [3.8, 4) is 0 Å². The van der Waals surface area contributed by atoms with Gasteiger partial charge in [-0.1, -0.05) is 17.7 Å². The van der Waals surface area contributed by atoms with Gasteiger partial charge in [0.05, 0.1) is 15.1 Å². The Bertz CT molecular complexity index is 674. The molecular weight excluding hydrogens is 405 g/mol. The van der Waals surface area contributed by atoms with E-state index in [-0.39, 0.29) is 20.6 Å². The molecule has 2 rings (SSSR count). The van der Waals surface area contributed by atoms with Crippen molar-refractivity contribution < 1.29 is 13.6 Å². The fourth-order valence-corrected chi connectivity index (χ4v) is 2.44. The molecule has 0 fully saturated rings. The first kappa shape index (κ1) is 14.6. The molecule has 0 N–H and O–H groups in total. The van der Waals surface area contributed by atoms with E-state index in [0.717, 1.165) is 0 Å². The molecule has 0 amide bonds. The van der Waals surface area contributed by atoms with Gasteiger partial charge in [0.15, 0.2) is 11.6 Å². The minimum atomic E-state index is -0.836. The Morgan fingerprint density at radius 2 is 1.74 bits per heavy atom. The van der Waals surface area contributed by atoms with Crippen LogP contribution in [-0.4, -0.2) is 5.78 Å². The zero-order valence-electron chi connectivity index (χ0n) is 9.18. The molecule has 0 aliphatic heterocycles. The summed E-state index contributed by atoms with van der Waals surface area (Å²) < 4.78 is 27.7. The second-order valence-corrected chi connectivity index (χ2v) is 5.68. The van der Waals surface area contributed by atoms with Crippen molar-refractivity contribution in [2.24, 2.45) is 0 Å². The number of carbonyl (C=O) groups excluding carboxylic acids is 1. The van der Waals surface area contributed by atoms with Gasteiger partial charge >= 0.3 is 0 Å². The van der Waals surface area contributed by atoms with E-state index in [9.17, 15) is 13.6 Å². The predicted octanol–water partition coefficient (Wildman–Crippen LogP) is 5.37. The van der Waals surface area contributed by atoms with Gasteiger partial charge in [-0.05, 0) is 56.1 Å². The van der Waals surface area contributed by atoms with Gasteiger partial charge < -0.3 is 0 Å². The molecule has 0 spiro atoms. The van der Waals surface area contributed by atoms with Crippen molar-refractivity contribution in [2.75, 3.05) is 0 Å². The molecule has 0 saturated carbocycles. The highest BCUT2D eigenvalue weighted by Gasteiger charge is 2.20. The molecule has 2 aromatic rings. The Morgan fingerprint density at radius 1 is 1.05 bits per heavy atom. The van der Waals surface area contributed by atoms with Gasteiger partial charge in [0.1, 0.15) is 5.82 Å². The van der Waals surface area contributed by atoms with E-state index in [0.29, 0.717) is 4.47 Å². The molecule has 98 valence electrons. The highest BCUT2D eigenvalue weighted by molar-refractivity contribution is 9.10. The van der Waals surface area contributed by atoms with Gasteiger partial charge in [-0.15, -0.1) is 0 Å². The van der Waals surface area contributed by atoms with Gasteiger partial charge in [-0.3, -0.25) is 4.79 Å². The summed E-state index contributed by atoms with van der Waals surface area (Å²) in [5.41, 5.74) is -0.170. The molecule has 0 radical (unpaired) electrons. The van der Waals surface area contributed by atoms with Crippen molar-refractivity contribution in [3.63, 3.8) is 0 Å². The second kappa shape index (κ2) is 5.69. The van der Waals surface area contributed by atoms with Crippen LogP contribution >= 0.6 is 43.5 Å². The van der Waals surface area contributed by atoms with Crippen LogP contribution in [0.25, 0.3) is 0 Å². The lowest BCUT2D eigenvalue weighted by Crippen LogP contribution is -2.06. The SMILES string of the molecule is O=C(c1ccc(Br)c(Cl)c1F)c1cccc(F)c1Br. The maximum Gasteiger partial charge on any atom is 0.197 e. The van der Waals surface area contributed by atoms with E-state index in [1.165, 1.54) is 30.3 Å². The van der Waals surface area contributed by atoms with Crippen LogP contribution in [0, 0.1) is 11.6 Å². The largest absolute Gasteiger partial charge is 0.288 e. The number of halogens is 5. The molecule has 0 aromatic heterocycles. The predicted molar refractivity (Wildman–Crippen MR) is 76.6 cm³/mol. The zero-order valence-corrected chi connectivity index (χ0v) is 13.1. The molecule has 0 unspecified atom stereocenters. The molecule has 0 bridgehead atoms. The Balaban J connectivity index is 2.57. The third-order valence-electron chi connectivity index (χ3n) is 2.48. The number of hydrogen-bond acceptors (Lipinski definition) is 1. The smallest absolute Gasteiger partial charge is 0.197 e. The summed E-state index contributed by atoms with van der Waals surface area (Å²) in [7, 11) is 0. The fraction of sp³-hybridized carbons (Fsp3) is 0. The van der Waals surface area contributed by atoms with Gasteiger partial charge in [-0.2, -0.15) is 0 Å². The molecule has 2 aromatic carbocycles. The monoisotopic (exact) mass is 408 g/mol. The van der Waals surface area contributed by atoms with Crippen LogP contribution in [0.2, 0.25) is 5.02 Å². The lowest BCUT2D eigenvalue weighted by atomic mass is 10.0. The van der Waals surface area contributed by atoms with Crippen LogP contribution in [-0.2, 0) is 0 Å². The van der Waals surface area contributed by atoms with Crippen molar-refractivity contribution in [2.45, 2.75) is 0 Å². The number of ketones is 1. The molecule has 0 atom stereocenters. The van der Waals surface area contributed by atoms with Gasteiger partial charge in [0.2, 0.25) is 0 Å². The fourth-order valence-electron chi connectivity index (χ4n) is 1.53. The average Bonchev–Trinajstić information content (AvgIpc) is 2.39. The summed E-state index contributed by atoms with van der Waals surface area (Å²) in [5.74, 6) is -2.06. The van der Waals surface area contributed by atoms with E-state index in [4.69, 9.17) is 11.6 Å². The van der Waals surface area contributed by atoms with E-state index in [1.54, 1.807) is 0 Å². The summed E-state index contributed by atoms with van der Waals surface area (Å²) in [5, 5.41) is -0.182. The summed E-state index contributed by atoms with van der Waals surface area (Å²) in [6.07, 6.45) is 0. The van der Waals surface area contributed by atoms with Crippen molar-refractivity contribution in [1.82, 2.24) is 0 Å². The number of carbonyl (C=O) groups is 1. The Kier molecular flexibility index (Phi) is 4.38. The Morgan fingerprint density at radius 3 is 2.42 bits per heavy atom. The Labute approximate surface area is 129 Å². The first-order valence-electron chi connectivity index (χ1n) is 5.05. The molecular formula is C13H5Br2ClF2O. The van der Waals surface area contributed by atoms with Crippen molar-refractivity contribution in [3.05, 3.63) is 67.1 Å². The molecule has 1 nitrogen and oxygen atoms in total. The van der Waals surface area contributed by atoms with E-state index < -0.39 is 17.4 Å². The molecule has 6 heteroatoms. The van der Waals surface area contributed by atoms with Crippen LogP contribution < -0.4 is 0 Å². The van der Waals surface area contributed by atoms with Crippen LogP contribution in [0.4, 0.5) is 8.78 Å². The summed E-state index contributed by atoms with van der Waals surface area (Å²) in [6, 6.07) is 6.75. The maximum atomic E-state index is 13.9. The third kappa shape index (κ3) is 2.73. The highest BCUT2D eigenvalue weighted by Crippen LogP contribution is 2.30. The first-order chi connectivity index (χ1) is 8.93. The zero-order chi connectivity index (χ0) is 14.2. The average molecular weight is 410 g/mol. The minimum Gasteiger partial charge on any atom is -0.288 e. The second-order valence-electron chi connectivity index (χ2n) is 3.65. The summed E-state index contributed by atoms with van der Waals surface area (Å²) >= 11 is 11.8. The lowest BCUT2D eigenvalue weighted by molar-refractivity contribution is 0.103. The minimum absolute atomic E-state index is 0.00144. The van der Waals surface area contributed by atoms with Crippen LogP contribution in [0.1, 0.15) is 15.9 Å². The molecule has 0 aliphatic carbocycles. The Hall–Kier alpha value is -0.780. The van der Waals surface area contributed by atoms with E-state index in [1.807, 2.05) is 0 Å². The molecule has 0 heterocycles. The quantitative estimate of drug-likeness (QED) is 0.480. The van der Waals surface area contributed by atoms with Gasteiger partial charge in [0.25, 0.3) is 0 Å². The summed E-state index contributed by atoms with van der Waals surface area (Å²) in [4.78, 5) is 12.2. The van der Waals surface area contributed by atoms with E-state index >= 15 is 0 Å². The molecule has 0 saturated heterocycles. The van der Waals surface area contributed by atoms with Crippen molar-refractivity contribution >= 4 is 49.2 Å². The summed E-state index contributed by atoms with van der Waals surface area (Å²) in [6.45, 7) is 0. The number of rotatable bonds is 2. The lowest BCUT2D eigenvalue weighted by Gasteiger charge is -2.07. The van der Waals surface area contributed by atoms with Crippen LogP contribution in [0.3, 0.4) is 0 Å². The molecule has 19 heavy (non-hydrogen) atoms. The first-order valence-corrected chi connectivity index (χ1v) is 7.02. The highest BCUT2D eigenvalue weighted by atomic mass is 79.9.